The predicted octanol–water partition coefficient (Wildman–Crippen LogP) is 7.49. The molecule has 3 aromatic carbocycles. The van der Waals surface area contributed by atoms with E-state index in [9.17, 15) is 14.7 Å². The molecule has 1 atom stereocenters. The zero-order valence-electron chi connectivity index (χ0n) is 20.3. The highest BCUT2D eigenvalue weighted by Gasteiger charge is 2.48. The summed E-state index contributed by atoms with van der Waals surface area (Å²) in [6, 6.07) is 19.6. The summed E-state index contributed by atoms with van der Waals surface area (Å²) >= 11 is 12.4. The summed E-state index contributed by atoms with van der Waals surface area (Å²) in [6.07, 6.45) is 0. The number of nitrogens with zero attached hydrogens (tertiary/aromatic N) is 3. The van der Waals surface area contributed by atoms with Crippen molar-refractivity contribution < 1.29 is 14.7 Å². The Morgan fingerprint density at radius 1 is 1.08 bits per heavy atom. The van der Waals surface area contributed by atoms with E-state index in [0.717, 1.165) is 21.2 Å². The molecular weight excluding hydrogens is 606 g/mol. The van der Waals surface area contributed by atoms with Crippen LogP contribution >= 0.6 is 50.6 Å². The molecule has 6 nitrogen and oxygen atoms in total. The van der Waals surface area contributed by atoms with Crippen LogP contribution in [-0.4, -0.2) is 27.0 Å². The van der Waals surface area contributed by atoms with E-state index in [2.05, 4.69) is 26.1 Å². The molecule has 1 unspecified atom stereocenters. The Hall–Kier alpha value is -2.98. The van der Waals surface area contributed by atoms with Gasteiger partial charge in [0.2, 0.25) is 5.13 Å². The lowest BCUT2D eigenvalue weighted by molar-refractivity contribution is -0.132. The molecule has 0 bridgehead atoms. The number of aliphatic hydroxyl groups is 1. The van der Waals surface area contributed by atoms with E-state index < -0.39 is 17.7 Å². The molecule has 1 saturated heterocycles. The SMILES string of the molecule is Cc1ccc(C)c(C(O)=C2C(=O)C(=O)N(c3nnc(SCc4ccccc4Cl)s3)C2c2cccc(Br)c2)c1. The minimum absolute atomic E-state index is 0.0160. The van der Waals surface area contributed by atoms with Gasteiger partial charge in [-0.15, -0.1) is 10.2 Å². The van der Waals surface area contributed by atoms with Gasteiger partial charge in [0.15, 0.2) is 4.34 Å². The zero-order chi connectivity index (χ0) is 27.0. The Morgan fingerprint density at radius 2 is 1.87 bits per heavy atom. The molecule has 10 heteroatoms. The van der Waals surface area contributed by atoms with Gasteiger partial charge in [-0.2, -0.15) is 0 Å². The third kappa shape index (κ3) is 5.16. The first kappa shape index (κ1) is 26.6. The van der Waals surface area contributed by atoms with Crippen molar-refractivity contribution in [3.63, 3.8) is 0 Å². The van der Waals surface area contributed by atoms with Crippen molar-refractivity contribution >= 4 is 73.2 Å². The molecule has 0 saturated carbocycles. The Kier molecular flexibility index (Phi) is 7.72. The highest BCUT2D eigenvalue weighted by molar-refractivity contribution is 9.10. The summed E-state index contributed by atoms with van der Waals surface area (Å²) in [7, 11) is 0. The number of thioether (sulfide) groups is 1. The summed E-state index contributed by atoms with van der Waals surface area (Å²) in [4.78, 5) is 28.2. The number of amides is 1. The number of halogens is 2. The fourth-order valence-electron chi connectivity index (χ4n) is 4.27. The number of ketones is 1. The number of hydrogen-bond acceptors (Lipinski definition) is 7. The van der Waals surface area contributed by atoms with Crippen molar-refractivity contribution in [3.8, 4) is 0 Å². The lowest BCUT2D eigenvalue weighted by atomic mass is 9.93. The number of hydrogen-bond donors (Lipinski definition) is 1. The van der Waals surface area contributed by atoms with Crippen LogP contribution in [-0.2, 0) is 15.3 Å². The normalized spacial score (nSPS) is 16.8. The minimum atomic E-state index is -0.873. The maximum Gasteiger partial charge on any atom is 0.301 e. The Bertz CT molecular complexity index is 1600. The number of aromatic nitrogens is 2. The molecule has 1 N–H and O–H groups in total. The Morgan fingerprint density at radius 3 is 2.63 bits per heavy atom. The summed E-state index contributed by atoms with van der Waals surface area (Å²) in [5.74, 6) is -1.17. The lowest BCUT2D eigenvalue weighted by Crippen LogP contribution is -2.29. The van der Waals surface area contributed by atoms with Crippen LogP contribution in [0.4, 0.5) is 5.13 Å². The molecule has 0 spiro atoms. The van der Waals surface area contributed by atoms with Gasteiger partial charge in [-0.05, 0) is 54.8 Å². The highest BCUT2D eigenvalue weighted by atomic mass is 79.9. The molecule has 1 aromatic heterocycles. The van der Waals surface area contributed by atoms with Gasteiger partial charge in [0.25, 0.3) is 5.78 Å². The molecule has 1 fully saturated rings. The standard InChI is InChI=1S/C28H21BrClN3O3S2/c1-15-10-11-16(2)20(12-15)24(34)22-23(17-7-5-8-19(29)13-17)33(26(36)25(22)35)27-31-32-28(38-27)37-14-18-6-3-4-9-21(18)30/h3-13,23,34H,14H2,1-2H3. The van der Waals surface area contributed by atoms with Crippen LogP contribution in [0.25, 0.3) is 5.76 Å². The number of rotatable bonds is 6. The number of aliphatic hydroxyl groups excluding tert-OH is 1. The second kappa shape index (κ2) is 11.0. The quantitative estimate of drug-likeness (QED) is 0.0785. The molecule has 1 amide bonds. The van der Waals surface area contributed by atoms with Gasteiger partial charge < -0.3 is 5.11 Å². The molecule has 4 aromatic rings. The van der Waals surface area contributed by atoms with E-state index in [4.69, 9.17) is 11.6 Å². The minimum Gasteiger partial charge on any atom is -0.507 e. The maximum atomic E-state index is 13.4. The lowest BCUT2D eigenvalue weighted by Gasteiger charge is -2.23. The van der Waals surface area contributed by atoms with Crippen molar-refractivity contribution in [2.75, 3.05) is 4.90 Å². The Labute approximate surface area is 241 Å². The number of benzene rings is 3. The van der Waals surface area contributed by atoms with Crippen molar-refractivity contribution in [3.05, 3.63) is 110 Å². The highest BCUT2D eigenvalue weighted by Crippen LogP contribution is 2.44. The molecule has 38 heavy (non-hydrogen) atoms. The average molecular weight is 627 g/mol. The smallest absolute Gasteiger partial charge is 0.301 e. The van der Waals surface area contributed by atoms with Crippen LogP contribution in [0.2, 0.25) is 5.02 Å². The first-order chi connectivity index (χ1) is 18.2. The molecule has 1 aliphatic rings. The third-order valence-corrected chi connectivity index (χ3v) is 9.13. The maximum absolute atomic E-state index is 13.4. The van der Waals surface area contributed by atoms with E-state index in [1.54, 1.807) is 0 Å². The Balaban J connectivity index is 1.58. The van der Waals surface area contributed by atoms with Gasteiger partial charge >= 0.3 is 5.91 Å². The summed E-state index contributed by atoms with van der Waals surface area (Å²) in [5, 5.41) is 20.9. The number of aryl methyl sites for hydroxylation is 2. The van der Waals surface area contributed by atoms with Gasteiger partial charge in [-0.3, -0.25) is 14.5 Å². The average Bonchev–Trinajstić information content (AvgIpc) is 3.46. The van der Waals surface area contributed by atoms with Crippen LogP contribution in [0.5, 0.6) is 0 Å². The molecule has 0 aliphatic carbocycles. The van der Waals surface area contributed by atoms with Gasteiger partial charge in [0.05, 0.1) is 11.6 Å². The summed E-state index contributed by atoms with van der Waals surface area (Å²) < 4.78 is 1.41. The molecule has 5 rings (SSSR count). The number of Topliss-reactive ketones (excluding diaryl/α,β-unsaturated/α-hetero) is 1. The molecule has 192 valence electrons. The second-order valence-electron chi connectivity index (χ2n) is 8.77. The van der Waals surface area contributed by atoms with Gasteiger partial charge in [-0.25, -0.2) is 0 Å². The van der Waals surface area contributed by atoms with Crippen LogP contribution in [0.1, 0.15) is 33.9 Å². The van der Waals surface area contributed by atoms with E-state index in [1.165, 1.54) is 28.0 Å². The number of anilines is 1. The first-order valence-electron chi connectivity index (χ1n) is 11.6. The first-order valence-corrected chi connectivity index (χ1v) is 14.6. The van der Waals surface area contributed by atoms with E-state index in [-0.39, 0.29) is 16.5 Å². The fourth-order valence-corrected chi connectivity index (χ4v) is 6.84. The van der Waals surface area contributed by atoms with Crippen LogP contribution < -0.4 is 4.90 Å². The van der Waals surface area contributed by atoms with E-state index in [0.29, 0.717) is 26.2 Å². The van der Waals surface area contributed by atoms with Crippen LogP contribution in [0.3, 0.4) is 0 Å². The van der Waals surface area contributed by atoms with Crippen molar-refractivity contribution in [1.29, 1.82) is 0 Å². The van der Waals surface area contributed by atoms with E-state index >= 15 is 0 Å². The third-order valence-electron chi connectivity index (χ3n) is 6.17. The van der Waals surface area contributed by atoms with Crippen LogP contribution in [0.15, 0.2) is 81.1 Å². The molecule has 1 aliphatic heterocycles. The van der Waals surface area contributed by atoms with Gasteiger partial charge in [0, 0.05) is 20.8 Å². The second-order valence-corrected chi connectivity index (χ2v) is 12.3. The number of carbonyl (C=O) groups is 2. The van der Waals surface area contributed by atoms with Crippen molar-refractivity contribution in [2.24, 2.45) is 0 Å². The fraction of sp³-hybridized carbons (Fsp3) is 0.143. The molecular formula is C28H21BrClN3O3S2. The van der Waals surface area contributed by atoms with Crippen molar-refractivity contribution in [2.45, 2.75) is 30.0 Å². The topological polar surface area (TPSA) is 83.4 Å². The van der Waals surface area contributed by atoms with Crippen molar-refractivity contribution in [1.82, 2.24) is 10.2 Å². The summed E-state index contributed by atoms with van der Waals surface area (Å²) in [5.41, 5.74) is 3.86. The molecule has 2 heterocycles. The summed E-state index contributed by atoms with van der Waals surface area (Å²) in [6.45, 7) is 3.76. The predicted molar refractivity (Wildman–Crippen MR) is 156 cm³/mol. The largest absolute Gasteiger partial charge is 0.507 e. The monoisotopic (exact) mass is 625 g/mol. The molecule has 0 radical (unpaired) electrons. The van der Waals surface area contributed by atoms with E-state index in [1.807, 2.05) is 80.6 Å². The van der Waals surface area contributed by atoms with Gasteiger partial charge in [0.1, 0.15) is 5.76 Å². The zero-order valence-corrected chi connectivity index (χ0v) is 24.3. The van der Waals surface area contributed by atoms with Gasteiger partial charge in [-0.1, -0.05) is 98.7 Å². The number of carbonyl (C=O) groups excluding carboxylic acids is 2. The van der Waals surface area contributed by atoms with Crippen LogP contribution in [0, 0.1) is 13.8 Å².